The van der Waals surface area contributed by atoms with Crippen molar-refractivity contribution in [3.05, 3.63) is 35.0 Å². The Hall–Kier alpha value is -2.78. The third-order valence-corrected chi connectivity index (χ3v) is 4.26. The van der Waals surface area contributed by atoms with Gasteiger partial charge in [0.25, 0.3) is 11.8 Å². The molecule has 2 aromatic heterocycles. The second kappa shape index (κ2) is 4.86. The first-order chi connectivity index (χ1) is 11.4. The number of nitrogens with zero attached hydrogens (tertiary/aromatic N) is 4. The average molecular weight is 338 g/mol. The first kappa shape index (κ1) is 14.8. The molecule has 2 aliphatic rings. The van der Waals surface area contributed by atoms with Gasteiger partial charge in [0.1, 0.15) is 17.5 Å². The van der Waals surface area contributed by atoms with E-state index in [2.05, 4.69) is 10.3 Å². The average Bonchev–Trinajstić information content (AvgIpc) is 2.97. The van der Waals surface area contributed by atoms with Crippen molar-refractivity contribution in [2.24, 2.45) is 0 Å². The summed E-state index contributed by atoms with van der Waals surface area (Å²) in [7, 11) is 0. The maximum Gasteiger partial charge on any atom is 0.358 e. The van der Waals surface area contributed by atoms with E-state index in [0.29, 0.717) is 24.3 Å². The summed E-state index contributed by atoms with van der Waals surface area (Å²) >= 11 is 0. The second-order valence-corrected chi connectivity index (χ2v) is 5.88. The second-order valence-electron chi connectivity index (χ2n) is 5.88. The maximum absolute atomic E-state index is 13.1. The lowest BCUT2D eigenvalue weighted by molar-refractivity contribution is 0.0672. The number of hydrogen-bond donors (Lipinski definition) is 1. The van der Waals surface area contributed by atoms with Crippen molar-refractivity contribution in [1.82, 2.24) is 19.8 Å². The van der Waals surface area contributed by atoms with Crippen LogP contribution in [0.2, 0.25) is 0 Å². The number of fused-ring (bicyclic) bond motifs is 1. The summed E-state index contributed by atoms with van der Waals surface area (Å²) in [6.07, 6.45) is 1.41. The number of carbonyl (C=O) groups is 2. The summed E-state index contributed by atoms with van der Waals surface area (Å²) in [6, 6.07) is 0.390. The molecule has 2 aromatic rings. The predicted molar refractivity (Wildman–Crippen MR) is 72.7 cm³/mol. The molecule has 1 saturated carbocycles. The fourth-order valence-electron chi connectivity index (χ4n) is 2.82. The van der Waals surface area contributed by atoms with Gasteiger partial charge in [0.2, 0.25) is 0 Å². The first-order valence-electron chi connectivity index (χ1n) is 7.30. The molecule has 0 spiro atoms. The standard InChI is InChI=1S/C14H12F2N4O4/c15-14(16)5-10(14)20-4-1-8(17-20)12(21)19-3-2-9-7(6-19)11(13(22)23)18-24-9/h1,4,10H,2-3,5-6H2,(H,22,23). The molecule has 0 aromatic carbocycles. The number of amides is 1. The van der Waals surface area contributed by atoms with E-state index in [-0.39, 0.29) is 24.4 Å². The zero-order valence-electron chi connectivity index (χ0n) is 12.3. The van der Waals surface area contributed by atoms with Crippen LogP contribution in [0.1, 0.15) is 44.8 Å². The van der Waals surface area contributed by atoms with Crippen LogP contribution in [0, 0.1) is 0 Å². The Bertz CT molecular complexity index is 844. The highest BCUT2D eigenvalue weighted by molar-refractivity contribution is 5.93. The molecule has 1 atom stereocenters. The van der Waals surface area contributed by atoms with Gasteiger partial charge in [0.15, 0.2) is 5.69 Å². The molecular weight excluding hydrogens is 326 g/mol. The van der Waals surface area contributed by atoms with E-state index in [1.54, 1.807) is 0 Å². The van der Waals surface area contributed by atoms with E-state index in [0.717, 1.165) is 4.68 Å². The number of alkyl halides is 2. The van der Waals surface area contributed by atoms with Crippen molar-refractivity contribution in [2.75, 3.05) is 6.54 Å². The highest BCUT2D eigenvalue weighted by atomic mass is 19.3. The SMILES string of the molecule is O=C(O)c1noc2c1CN(C(=O)c1ccn(C3CC3(F)F)n1)CC2. The van der Waals surface area contributed by atoms with Crippen molar-refractivity contribution < 1.29 is 28.0 Å². The molecule has 0 bridgehead atoms. The van der Waals surface area contributed by atoms with Crippen molar-refractivity contribution in [3.8, 4) is 0 Å². The normalized spacial score (nSPS) is 21.4. The summed E-state index contributed by atoms with van der Waals surface area (Å²) in [5, 5.41) is 16.5. The Kier molecular flexibility index (Phi) is 2.99. The maximum atomic E-state index is 13.1. The van der Waals surface area contributed by atoms with Crippen molar-refractivity contribution in [1.29, 1.82) is 0 Å². The van der Waals surface area contributed by atoms with Gasteiger partial charge >= 0.3 is 5.97 Å². The number of halogens is 2. The predicted octanol–water partition coefficient (Wildman–Crippen LogP) is 1.35. The highest BCUT2D eigenvalue weighted by Crippen LogP contribution is 2.52. The van der Waals surface area contributed by atoms with Gasteiger partial charge in [-0.1, -0.05) is 5.16 Å². The summed E-state index contributed by atoms with van der Waals surface area (Å²) in [6.45, 7) is 0.346. The van der Waals surface area contributed by atoms with Gasteiger partial charge in [0.05, 0.1) is 6.54 Å². The number of carboxylic acids is 1. The highest BCUT2D eigenvalue weighted by Gasteiger charge is 2.59. The summed E-state index contributed by atoms with van der Waals surface area (Å²) < 4.78 is 32.2. The quantitative estimate of drug-likeness (QED) is 0.906. The van der Waals surface area contributed by atoms with Gasteiger partial charge in [-0.15, -0.1) is 0 Å². The lowest BCUT2D eigenvalue weighted by Gasteiger charge is -2.25. The number of hydrogen-bond acceptors (Lipinski definition) is 5. The first-order valence-corrected chi connectivity index (χ1v) is 7.30. The molecule has 126 valence electrons. The summed E-state index contributed by atoms with van der Waals surface area (Å²) in [4.78, 5) is 25.0. The van der Waals surface area contributed by atoms with E-state index in [1.165, 1.54) is 17.2 Å². The molecule has 1 amide bonds. The van der Waals surface area contributed by atoms with E-state index >= 15 is 0 Å². The number of carbonyl (C=O) groups excluding carboxylic acids is 1. The van der Waals surface area contributed by atoms with Gasteiger partial charge in [-0.05, 0) is 6.07 Å². The smallest absolute Gasteiger partial charge is 0.358 e. The van der Waals surface area contributed by atoms with Crippen LogP contribution >= 0.6 is 0 Å². The molecule has 1 N–H and O–H groups in total. The zero-order chi connectivity index (χ0) is 17.1. The Morgan fingerprint density at radius 2 is 2.17 bits per heavy atom. The Balaban J connectivity index is 1.53. The summed E-state index contributed by atoms with van der Waals surface area (Å²) in [5.74, 6) is -4.00. The Labute approximate surface area is 133 Å². The van der Waals surface area contributed by atoms with Crippen LogP contribution in [0.15, 0.2) is 16.8 Å². The van der Waals surface area contributed by atoms with Crippen LogP contribution in [-0.4, -0.2) is 49.3 Å². The molecule has 4 rings (SSSR count). The molecule has 24 heavy (non-hydrogen) atoms. The molecule has 10 heteroatoms. The summed E-state index contributed by atoms with van der Waals surface area (Å²) in [5.41, 5.74) is 0.190. The van der Waals surface area contributed by atoms with Crippen LogP contribution in [0.4, 0.5) is 8.78 Å². The monoisotopic (exact) mass is 338 g/mol. The fourth-order valence-corrected chi connectivity index (χ4v) is 2.82. The molecule has 1 fully saturated rings. The van der Waals surface area contributed by atoms with Gasteiger partial charge in [-0.2, -0.15) is 5.10 Å². The Morgan fingerprint density at radius 1 is 1.42 bits per heavy atom. The van der Waals surface area contributed by atoms with Crippen molar-refractivity contribution >= 4 is 11.9 Å². The van der Waals surface area contributed by atoms with E-state index in [9.17, 15) is 18.4 Å². The molecule has 8 nitrogen and oxygen atoms in total. The molecule has 1 unspecified atom stereocenters. The molecule has 0 saturated heterocycles. The number of carboxylic acid groups (broad SMARTS) is 1. The minimum absolute atomic E-state index is 0.0335. The lowest BCUT2D eigenvalue weighted by Crippen LogP contribution is -2.36. The fraction of sp³-hybridized carbons (Fsp3) is 0.429. The number of rotatable bonds is 3. The third-order valence-electron chi connectivity index (χ3n) is 4.26. The lowest BCUT2D eigenvalue weighted by atomic mass is 10.1. The Morgan fingerprint density at radius 3 is 2.83 bits per heavy atom. The van der Waals surface area contributed by atoms with Crippen LogP contribution in [0.25, 0.3) is 0 Å². The van der Waals surface area contributed by atoms with E-state index < -0.39 is 23.8 Å². The van der Waals surface area contributed by atoms with E-state index in [1.807, 2.05) is 0 Å². The minimum Gasteiger partial charge on any atom is -0.476 e. The van der Waals surface area contributed by atoms with Gasteiger partial charge < -0.3 is 14.5 Å². The minimum atomic E-state index is -2.77. The molecule has 1 aliphatic carbocycles. The van der Waals surface area contributed by atoms with Crippen LogP contribution in [0.5, 0.6) is 0 Å². The molecule has 3 heterocycles. The van der Waals surface area contributed by atoms with Crippen LogP contribution in [-0.2, 0) is 13.0 Å². The zero-order valence-corrected chi connectivity index (χ0v) is 12.3. The molecule has 0 radical (unpaired) electrons. The third kappa shape index (κ3) is 2.25. The molecular formula is C14H12F2N4O4. The van der Waals surface area contributed by atoms with Gasteiger partial charge in [0, 0.05) is 31.1 Å². The molecule has 1 aliphatic heterocycles. The largest absolute Gasteiger partial charge is 0.476 e. The van der Waals surface area contributed by atoms with Crippen LogP contribution < -0.4 is 0 Å². The van der Waals surface area contributed by atoms with E-state index in [4.69, 9.17) is 9.63 Å². The van der Waals surface area contributed by atoms with Gasteiger partial charge in [-0.25, -0.2) is 13.6 Å². The number of aromatic nitrogens is 3. The topological polar surface area (TPSA) is 101 Å². The number of aromatic carboxylic acids is 1. The van der Waals surface area contributed by atoms with Crippen LogP contribution in [0.3, 0.4) is 0 Å². The van der Waals surface area contributed by atoms with Crippen molar-refractivity contribution in [2.45, 2.75) is 31.4 Å². The van der Waals surface area contributed by atoms with Gasteiger partial charge in [-0.3, -0.25) is 9.48 Å². The van der Waals surface area contributed by atoms with Crippen molar-refractivity contribution in [3.63, 3.8) is 0 Å².